The zero-order valence-corrected chi connectivity index (χ0v) is 22.8. The van der Waals surface area contributed by atoms with Gasteiger partial charge >= 0.3 is 12.1 Å². The van der Waals surface area contributed by atoms with Gasteiger partial charge in [-0.05, 0) is 88.2 Å². The number of hydrogen-bond acceptors (Lipinski definition) is 7. The molecule has 210 valence electrons. The van der Waals surface area contributed by atoms with E-state index in [9.17, 15) is 19.5 Å². The number of nitrogens with one attached hydrogen (secondary N) is 1. The number of rotatable bonds is 6. The summed E-state index contributed by atoms with van der Waals surface area (Å²) in [7, 11) is 0. The van der Waals surface area contributed by atoms with Gasteiger partial charge in [-0.1, -0.05) is 24.3 Å². The van der Waals surface area contributed by atoms with Crippen LogP contribution in [-0.2, 0) is 9.47 Å². The number of aromatic hydroxyl groups is 1. The second-order valence-corrected chi connectivity index (χ2v) is 10.6. The number of carbonyl (C=O) groups is 3. The Bertz CT molecular complexity index is 1320. The third-order valence-corrected chi connectivity index (χ3v) is 6.19. The summed E-state index contributed by atoms with van der Waals surface area (Å²) >= 11 is 0. The van der Waals surface area contributed by atoms with Crippen LogP contribution in [0.25, 0.3) is 0 Å². The van der Waals surface area contributed by atoms with Gasteiger partial charge in [-0.2, -0.15) is 0 Å². The average Bonchev–Trinajstić information content (AvgIpc) is 3.11. The molecule has 0 saturated carbocycles. The molecule has 4 rings (SSSR count). The Morgan fingerprint density at radius 2 is 1.60 bits per heavy atom. The SMILES string of the molecule is CC(C)(C)OC(=O)N1CCC[C@@H](OC(=O)c2cccc(Oc3ccccc3)c2)[C@H](NC(=O)c2ccc(O)cc2)C1. The molecular weight excluding hydrogens is 512 g/mol. The van der Waals surface area contributed by atoms with Crippen LogP contribution in [0.2, 0.25) is 0 Å². The molecule has 40 heavy (non-hydrogen) atoms. The van der Waals surface area contributed by atoms with Crippen molar-refractivity contribution < 1.29 is 33.7 Å². The number of nitrogens with zero attached hydrogens (tertiary/aromatic N) is 1. The normalized spacial score (nSPS) is 17.3. The summed E-state index contributed by atoms with van der Waals surface area (Å²) in [4.78, 5) is 40.7. The van der Waals surface area contributed by atoms with E-state index >= 15 is 0 Å². The average molecular weight is 547 g/mol. The summed E-state index contributed by atoms with van der Waals surface area (Å²) in [6.45, 7) is 5.83. The van der Waals surface area contributed by atoms with Crippen LogP contribution >= 0.6 is 0 Å². The zero-order chi connectivity index (χ0) is 28.7. The molecule has 1 heterocycles. The minimum absolute atomic E-state index is 0.0346. The van der Waals surface area contributed by atoms with Crippen molar-refractivity contribution >= 4 is 18.0 Å². The molecule has 9 heteroatoms. The fourth-order valence-corrected chi connectivity index (χ4v) is 4.28. The van der Waals surface area contributed by atoms with E-state index in [4.69, 9.17) is 14.2 Å². The Kier molecular flexibility index (Phi) is 8.93. The quantitative estimate of drug-likeness (QED) is 0.390. The Morgan fingerprint density at radius 3 is 2.30 bits per heavy atom. The first kappa shape index (κ1) is 28.5. The van der Waals surface area contributed by atoms with Crippen LogP contribution in [0.1, 0.15) is 54.3 Å². The minimum atomic E-state index is -0.709. The molecule has 1 aliphatic rings. The lowest BCUT2D eigenvalue weighted by molar-refractivity contribution is 0.0127. The summed E-state index contributed by atoms with van der Waals surface area (Å²) in [5, 5.41) is 12.5. The number of carbonyl (C=O) groups excluding carboxylic acids is 3. The van der Waals surface area contributed by atoms with Crippen molar-refractivity contribution in [2.75, 3.05) is 13.1 Å². The molecule has 2 atom stereocenters. The van der Waals surface area contributed by atoms with E-state index in [1.54, 1.807) is 45.0 Å². The highest BCUT2D eigenvalue weighted by molar-refractivity contribution is 5.94. The van der Waals surface area contributed by atoms with Crippen molar-refractivity contribution in [3.05, 3.63) is 90.0 Å². The number of esters is 1. The van der Waals surface area contributed by atoms with Gasteiger partial charge in [0.2, 0.25) is 0 Å². The van der Waals surface area contributed by atoms with Gasteiger partial charge in [-0.3, -0.25) is 4.79 Å². The van der Waals surface area contributed by atoms with Crippen LogP contribution in [0, 0.1) is 0 Å². The number of benzene rings is 3. The van der Waals surface area contributed by atoms with Crippen molar-refractivity contribution in [1.29, 1.82) is 0 Å². The molecule has 0 bridgehead atoms. The van der Waals surface area contributed by atoms with Crippen LogP contribution in [0.3, 0.4) is 0 Å². The molecule has 0 radical (unpaired) electrons. The number of phenols is 1. The maximum atomic E-state index is 13.2. The van der Waals surface area contributed by atoms with E-state index < -0.39 is 35.7 Å². The molecule has 9 nitrogen and oxygen atoms in total. The summed E-state index contributed by atoms with van der Waals surface area (Å²) in [6, 6.07) is 21.0. The molecule has 1 fully saturated rings. The van der Waals surface area contributed by atoms with E-state index in [-0.39, 0.29) is 12.3 Å². The number of likely N-dealkylation sites (tertiary alicyclic amines) is 1. The monoisotopic (exact) mass is 546 g/mol. The van der Waals surface area contributed by atoms with Gasteiger partial charge in [0.25, 0.3) is 5.91 Å². The van der Waals surface area contributed by atoms with Gasteiger partial charge in [-0.15, -0.1) is 0 Å². The van der Waals surface area contributed by atoms with Crippen LogP contribution in [0.5, 0.6) is 17.2 Å². The van der Waals surface area contributed by atoms with E-state index in [1.807, 2.05) is 30.3 Å². The van der Waals surface area contributed by atoms with Gasteiger partial charge in [0.15, 0.2) is 0 Å². The second kappa shape index (κ2) is 12.5. The van der Waals surface area contributed by atoms with Crippen LogP contribution < -0.4 is 10.1 Å². The van der Waals surface area contributed by atoms with Crippen molar-refractivity contribution in [2.45, 2.75) is 51.4 Å². The smallest absolute Gasteiger partial charge is 0.410 e. The van der Waals surface area contributed by atoms with Gasteiger partial charge in [0.05, 0.1) is 11.6 Å². The molecule has 2 N–H and O–H groups in total. The Morgan fingerprint density at radius 1 is 0.900 bits per heavy atom. The maximum absolute atomic E-state index is 13.2. The van der Waals surface area contributed by atoms with Gasteiger partial charge < -0.3 is 29.5 Å². The number of hydrogen-bond donors (Lipinski definition) is 2. The summed E-state index contributed by atoms with van der Waals surface area (Å²) in [5.41, 5.74) is -0.0700. The highest BCUT2D eigenvalue weighted by atomic mass is 16.6. The Balaban J connectivity index is 1.52. The highest BCUT2D eigenvalue weighted by Gasteiger charge is 2.35. The first-order chi connectivity index (χ1) is 19.1. The number of para-hydroxylation sites is 1. The minimum Gasteiger partial charge on any atom is -0.508 e. The Labute approximate surface area is 233 Å². The standard InChI is InChI=1S/C31H34N2O7/c1-31(2,3)40-30(37)33-18-8-13-27(26(20-33)32-28(35)21-14-16-23(34)17-15-21)39-29(36)22-9-7-12-25(19-22)38-24-10-5-4-6-11-24/h4-7,9-12,14-17,19,26-27,34H,8,13,18,20H2,1-3H3,(H,32,35)/t26-,27-/m1/s1. The Hall–Kier alpha value is -4.53. The lowest BCUT2D eigenvalue weighted by Crippen LogP contribution is -2.51. The molecule has 0 unspecified atom stereocenters. The van der Waals surface area contributed by atoms with Crippen LogP contribution in [0.4, 0.5) is 4.79 Å². The summed E-state index contributed by atoms with van der Waals surface area (Å²) < 4.78 is 17.3. The first-order valence-corrected chi connectivity index (χ1v) is 13.2. The molecule has 2 amide bonds. The third-order valence-electron chi connectivity index (χ3n) is 6.19. The highest BCUT2D eigenvalue weighted by Crippen LogP contribution is 2.24. The molecule has 1 aliphatic heterocycles. The predicted octanol–water partition coefficient (Wildman–Crippen LogP) is 5.54. The lowest BCUT2D eigenvalue weighted by atomic mass is 10.1. The van der Waals surface area contributed by atoms with Crippen LogP contribution in [0.15, 0.2) is 78.9 Å². The van der Waals surface area contributed by atoms with Crippen LogP contribution in [-0.4, -0.2) is 58.8 Å². The topological polar surface area (TPSA) is 114 Å². The molecule has 0 spiro atoms. The predicted molar refractivity (Wildman–Crippen MR) is 149 cm³/mol. The van der Waals surface area contributed by atoms with Crippen molar-refractivity contribution in [2.24, 2.45) is 0 Å². The maximum Gasteiger partial charge on any atom is 0.410 e. The molecule has 1 saturated heterocycles. The largest absolute Gasteiger partial charge is 0.508 e. The fourth-order valence-electron chi connectivity index (χ4n) is 4.28. The van der Waals surface area contributed by atoms with E-state index in [0.29, 0.717) is 42.0 Å². The first-order valence-electron chi connectivity index (χ1n) is 13.2. The van der Waals surface area contributed by atoms with E-state index in [1.165, 1.54) is 29.2 Å². The summed E-state index contributed by atoms with van der Waals surface area (Å²) in [5.74, 6) is 0.159. The number of ether oxygens (including phenoxy) is 3. The molecule has 3 aromatic rings. The molecule has 3 aromatic carbocycles. The van der Waals surface area contributed by atoms with E-state index in [2.05, 4.69) is 5.32 Å². The second-order valence-electron chi connectivity index (χ2n) is 10.6. The zero-order valence-electron chi connectivity index (χ0n) is 22.8. The van der Waals surface area contributed by atoms with Crippen molar-refractivity contribution in [3.8, 4) is 17.2 Å². The fraction of sp³-hybridized carbons (Fsp3) is 0.323. The molecular formula is C31H34N2O7. The van der Waals surface area contributed by atoms with Gasteiger partial charge in [0.1, 0.15) is 29.0 Å². The van der Waals surface area contributed by atoms with Crippen molar-refractivity contribution in [1.82, 2.24) is 10.2 Å². The van der Waals surface area contributed by atoms with Gasteiger partial charge in [-0.25, -0.2) is 9.59 Å². The van der Waals surface area contributed by atoms with Gasteiger partial charge in [0, 0.05) is 18.7 Å². The molecule has 0 aromatic heterocycles. The number of amides is 2. The summed E-state index contributed by atoms with van der Waals surface area (Å²) in [6.07, 6.45) is -0.250. The molecule has 0 aliphatic carbocycles. The lowest BCUT2D eigenvalue weighted by Gasteiger charge is -2.30. The van der Waals surface area contributed by atoms with Crippen molar-refractivity contribution in [3.63, 3.8) is 0 Å². The van der Waals surface area contributed by atoms with E-state index in [0.717, 1.165) is 0 Å². The third kappa shape index (κ3) is 7.99. The number of phenolic OH excluding ortho intramolecular Hbond substituents is 1.